The summed E-state index contributed by atoms with van der Waals surface area (Å²) in [5, 5.41) is 8.32. The summed E-state index contributed by atoms with van der Waals surface area (Å²) >= 11 is 0. The minimum atomic E-state index is -2.97. The fraction of sp³-hybridized carbons (Fsp3) is 0.222. The molecule has 0 aromatic heterocycles. The first-order chi connectivity index (χ1) is 7.01. The smallest absolute Gasteiger partial charge is 0.214 e. The van der Waals surface area contributed by atoms with Gasteiger partial charge in [-0.3, -0.25) is 0 Å². The van der Waals surface area contributed by atoms with Gasteiger partial charge in [-0.25, -0.2) is 8.60 Å². The van der Waals surface area contributed by atoms with Crippen molar-refractivity contribution in [3.05, 3.63) is 29.6 Å². The summed E-state index contributed by atoms with van der Waals surface area (Å²) in [5.74, 6) is -0.649. The molecule has 1 aromatic carbocycles. The van der Waals surface area contributed by atoms with Crippen LogP contribution < -0.4 is 5.73 Å². The van der Waals surface area contributed by atoms with Crippen LogP contribution in [0.2, 0.25) is 0 Å². The van der Waals surface area contributed by atoms with E-state index in [-0.39, 0.29) is 11.4 Å². The average molecular weight is 227 g/mol. The molecule has 15 heavy (non-hydrogen) atoms. The lowest BCUT2D eigenvalue weighted by molar-refractivity contribution is 0.592. The molecule has 0 saturated heterocycles. The van der Waals surface area contributed by atoms with Crippen LogP contribution in [0.15, 0.2) is 27.5 Å². The van der Waals surface area contributed by atoms with Crippen molar-refractivity contribution in [3.8, 4) is 6.19 Å². The van der Waals surface area contributed by atoms with E-state index in [1.807, 2.05) is 0 Å². The Morgan fingerprint density at radius 2 is 2.33 bits per heavy atom. The highest BCUT2D eigenvalue weighted by Crippen LogP contribution is 2.17. The van der Waals surface area contributed by atoms with Crippen molar-refractivity contribution in [1.82, 2.24) is 0 Å². The number of nitriles is 1. The molecule has 0 radical (unpaired) electrons. The van der Waals surface area contributed by atoms with Gasteiger partial charge >= 0.3 is 0 Å². The zero-order valence-corrected chi connectivity index (χ0v) is 8.92. The van der Waals surface area contributed by atoms with Gasteiger partial charge in [-0.05, 0) is 17.7 Å². The Hall–Kier alpha value is -1.45. The highest BCUT2D eigenvalue weighted by molar-refractivity contribution is 7.93. The molecule has 0 fully saturated rings. The summed E-state index contributed by atoms with van der Waals surface area (Å²) in [6, 6.07) is 4.11. The van der Waals surface area contributed by atoms with Gasteiger partial charge in [-0.2, -0.15) is 5.26 Å². The summed E-state index contributed by atoms with van der Waals surface area (Å²) < 4.78 is 28.4. The van der Waals surface area contributed by atoms with Gasteiger partial charge in [0.2, 0.25) is 6.19 Å². The second-order valence-electron chi connectivity index (χ2n) is 2.96. The van der Waals surface area contributed by atoms with Crippen LogP contribution in [0.1, 0.15) is 5.56 Å². The molecule has 0 unspecified atom stereocenters. The molecule has 0 amide bonds. The van der Waals surface area contributed by atoms with Gasteiger partial charge in [0, 0.05) is 12.8 Å². The Kier molecular flexibility index (Phi) is 3.39. The predicted octanol–water partition coefficient (Wildman–Crippen LogP) is 1.22. The molecule has 0 aliphatic carbocycles. The van der Waals surface area contributed by atoms with Crippen molar-refractivity contribution >= 4 is 9.73 Å². The van der Waals surface area contributed by atoms with Crippen LogP contribution in [0.4, 0.5) is 4.39 Å². The first-order valence-electron chi connectivity index (χ1n) is 4.10. The molecule has 0 aliphatic rings. The molecule has 2 N–H and O–H groups in total. The highest BCUT2D eigenvalue weighted by atomic mass is 32.2. The number of halogens is 1. The topological polar surface area (TPSA) is 79.2 Å². The number of hydrogen-bond donors (Lipinski definition) is 1. The Morgan fingerprint density at radius 1 is 1.67 bits per heavy atom. The molecule has 0 bridgehead atoms. The zero-order chi connectivity index (χ0) is 11.5. The number of hydrogen-bond acceptors (Lipinski definition) is 4. The monoisotopic (exact) mass is 227 g/mol. The maximum Gasteiger partial charge on any atom is 0.214 e. The van der Waals surface area contributed by atoms with Crippen molar-refractivity contribution in [2.24, 2.45) is 10.1 Å². The molecular weight excluding hydrogens is 217 g/mol. The van der Waals surface area contributed by atoms with E-state index in [0.29, 0.717) is 5.56 Å². The van der Waals surface area contributed by atoms with Crippen molar-refractivity contribution < 1.29 is 8.60 Å². The lowest BCUT2D eigenvalue weighted by atomic mass is 10.2. The Bertz CT molecular complexity index is 527. The SMILES string of the molecule is C[S@@](=O)(=NC#N)c1ccc(CN)cc1F. The van der Waals surface area contributed by atoms with E-state index in [0.717, 1.165) is 0 Å². The van der Waals surface area contributed by atoms with Crippen molar-refractivity contribution in [2.45, 2.75) is 11.4 Å². The third kappa shape index (κ3) is 2.52. The van der Waals surface area contributed by atoms with Gasteiger partial charge in [0.25, 0.3) is 0 Å². The number of benzene rings is 1. The average Bonchev–Trinajstić information content (AvgIpc) is 2.17. The first-order valence-corrected chi connectivity index (χ1v) is 6.02. The van der Waals surface area contributed by atoms with Gasteiger partial charge < -0.3 is 5.73 Å². The third-order valence-electron chi connectivity index (χ3n) is 1.86. The molecule has 1 rings (SSSR count). The summed E-state index contributed by atoms with van der Waals surface area (Å²) in [5.41, 5.74) is 5.92. The standard InChI is InChI=1S/C9H10FN3OS/c1-15(14,13-6-12)9-3-2-7(5-11)4-8(9)10/h2-4H,5,11H2,1H3/t15-/m0/s1. The number of rotatable bonds is 2. The summed E-state index contributed by atoms with van der Waals surface area (Å²) in [6.45, 7) is 0.206. The Labute approximate surface area is 87.7 Å². The van der Waals surface area contributed by atoms with Gasteiger partial charge in [0.15, 0.2) is 0 Å². The van der Waals surface area contributed by atoms with Crippen LogP contribution in [0.5, 0.6) is 0 Å². The van der Waals surface area contributed by atoms with Crippen LogP contribution in [0.25, 0.3) is 0 Å². The molecule has 1 atom stereocenters. The van der Waals surface area contributed by atoms with Crippen LogP contribution in [0, 0.1) is 17.3 Å². The minimum Gasteiger partial charge on any atom is -0.326 e. The fourth-order valence-corrected chi connectivity index (χ4v) is 2.10. The second kappa shape index (κ2) is 4.38. The Balaban J connectivity index is 3.37. The molecule has 6 heteroatoms. The van der Waals surface area contributed by atoms with Crippen LogP contribution in [-0.2, 0) is 16.3 Å². The maximum atomic E-state index is 13.5. The largest absolute Gasteiger partial charge is 0.326 e. The van der Waals surface area contributed by atoms with Crippen LogP contribution in [-0.4, -0.2) is 10.5 Å². The molecule has 1 aromatic rings. The predicted molar refractivity (Wildman–Crippen MR) is 54.7 cm³/mol. The van der Waals surface area contributed by atoms with Crippen molar-refractivity contribution in [2.75, 3.05) is 6.26 Å². The summed E-state index contributed by atoms with van der Waals surface area (Å²) in [7, 11) is -2.97. The Morgan fingerprint density at radius 3 is 2.80 bits per heavy atom. The van der Waals surface area contributed by atoms with Gasteiger partial charge in [0.1, 0.15) is 5.82 Å². The van der Waals surface area contributed by atoms with E-state index in [1.165, 1.54) is 24.6 Å². The summed E-state index contributed by atoms with van der Waals surface area (Å²) in [4.78, 5) is -0.0683. The van der Waals surface area contributed by atoms with E-state index in [9.17, 15) is 8.60 Å². The normalized spacial score (nSPS) is 14.0. The minimum absolute atomic E-state index is 0.0683. The van der Waals surface area contributed by atoms with Gasteiger partial charge in [-0.15, -0.1) is 4.36 Å². The highest BCUT2D eigenvalue weighted by Gasteiger charge is 2.12. The molecule has 0 saturated carbocycles. The van der Waals surface area contributed by atoms with Crippen molar-refractivity contribution in [3.63, 3.8) is 0 Å². The van der Waals surface area contributed by atoms with E-state index in [2.05, 4.69) is 4.36 Å². The number of nitrogens with two attached hydrogens (primary N) is 1. The van der Waals surface area contributed by atoms with Crippen LogP contribution >= 0.6 is 0 Å². The molecule has 0 heterocycles. The maximum absolute atomic E-state index is 13.5. The number of nitrogens with zero attached hydrogens (tertiary/aromatic N) is 2. The summed E-state index contributed by atoms with van der Waals surface area (Å²) in [6.07, 6.45) is 2.64. The zero-order valence-electron chi connectivity index (χ0n) is 8.11. The molecule has 0 aliphatic heterocycles. The van der Waals surface area contributed by atoms with E-state index in [1.54, 1.807) is 6.07 Å². The molecule has 80 valence electrons. The lowest BCUT2D eigenvalue weighted by Gasteiger charge is -2.05. The molecule has 0 spiro atoms. The lowest BCUT2D eigenvalue weighted by Crippen LogP contribution is -2.03. The molecule has 4 nitrogen and oxygen atoms in total. The third-order valence-corrected chi connectivity index (χ3v) is 3.43. The van der Waals surface area contributed by atoms with Crippen molar-refractivity contribution in [1.29, 1.82) is 5.26 Å². The quantitative estimate of drug-likeness (QED) is 0.771. The first kappa shape index (κ1) is 11.6. The fourth-order valence-electron chi connectivity index (χ4n) is 1.11. The van der Waals surface area contributed by atoms with E-state index < -0.39 is 15.5 Å². The van der Waals surface area contributed by atoms with E-state index >= 15 is 0 Å². The van der Waals surface area contributed by atoms with Gasteiger partial charge in [-0.1, -0.05) is 6.07 Å². The van der Waals surface area contributed by atoms with E-state index in [4.69, 9.17) is 11.0 Å². The van der Waals surface area contributed by atoms with Gasteiger partial charge in [0.05, 0.1) is 14.6 Å². The second-order valence-corrected chi connectivity index (χ2v) is 5.19. The molecular formula is C9H10FN3OS. The van der Waals surface area contributed by atoms with Crippen LogP contribution in [0.3, 0.4) is 0 Å².